The van der Waals surface area contributed by atoms with E-state index in [-0.39, 0.29) is 16.8 Å². The summed E-state index contributed by atoms with van der Waals surface area (Å²) in [7, 11) is -2.15. The average Bonchev–Trinajstić information content (AvgIpc) is 3.55. The highest BCUT2D eigenvalue weighted by molar-refractivity contribution is 7.94. The summed E-state index contributed by atoms with van der Waals surface area (Å²) in [5.74, 6) is 0.255. The SMILES string of the molecule is CN(c1ccc(OCC(=O)NNc2nc(-c3ccncc3)no2)cc1)S(=O)(=O)c1cccs1. The normalized spacial score (nSPS) is 11.1. The van der Waals surface area contributed by atoms with Gasteiger partial charge in [-0.1, -0.05) is 11.2 Å². The van der Waals surface area contributed by atoms with Crippen molar-refractivity contribution in [2.45, 2.75) is 4.21 Å². The molecule has 0 saturated heterocycles. The van der Waals surface area contributed by atoms with Crippen LogP contribution < -0.4 is 19.9 Å². The van der Waals surface area contributed by atoms with E-state index in [1.165, 1.54) is 11.4 Å². The predicted molar refractivity (Wildman–Crippen MR) is 121 cm³/mol. The Labute approximate surface area is 193 Å². The Balaban J connectivity index is 1.27. The fourth-order valence-electron chi connectivity index (χ4n) is 2.64. The molecule has 0 fully saturated rings. The molecule has 0 spiro atoms. The highest BCUT2D eigenvalue weighted by Gasteiger charge is 2.22. The number of hydrazine groups is 1. The smallest absolute Gasteiger partial charge is 0.340 e. The third kappa shape index (κ3) is 5.27. The minimum Gasteiger partial charge on any atom is -0.484 e. The number of nitrogens with one attached hydrogen (secondary N) is 2. The van der Waals surface area contributed by atoms with E-state index in [9.17, 15) is 13.2 Å². The van der Waals surface area contributed by atoms with E-state index in [2.05, 4.69) is 26.0 Å². The Kier molecular flexibility index (Phi) is 6.51. The van der Waals surface area contributed by atoms with Gasteiger partial charge in [0, 0.05) is 25.0 Å². The molecule has 4 aromatic rings. The molecule has 2 N–H and O–H groups in total. The quantitative estimate of drug-likeness (QED) is 0.342. The van der Waals surface area contributed by atoms with Crippen LogP contribution in [0.4, 0.5) is 11.7 Å². The lowest BCUT2D eigenvalue weighted by molar-refractivity contribution is -0.122. The Bertz CT molecular complexity index is 1310. The summed E-state index contributed by atoms with van der Waals surface area (Å²) in [4.78, 5) is 20.0. The van der Waals surface area contributed by atoms with Crippen molar-refractivity contribution in [1.29, 1.82) is 0 Å². The zero-order valence-corrected chi connectivity index (χ0v) is 18.8. The van der Waals surface area contributed by atoms with Crippen LogP contribution in [0, 0.1) is 0 Å². The van der Waals surface area contributed by atoms with Gasteiger partial charge in [-0.2, -0.15) is 4.98 Å². The van der Waals surface area contributed by atoms with Gasteiger partial charge in [0.05, 0.1) is 5.69 Å². The third-order valence-electron chi connectivity index (χ3n) is 4.35. The van der Waals surface area contributed by atoms with Crippen molar-refractivity contribution in [3.05, 3.63) is 66.3 Å². The van der Waals surface area contributed by atoms with Gasteiger partial charge in [-0.25, -0.2) is 13.8 Å². The van der Waals surface area contributed by atoms with Crippen LogP contribution in [0.2, 0.25) is 0 Å². The van der Waals surface area contributed by atoms with Gasteiger partial charge in [-0.05, 0) is 47.8 Å². The van der Waals surface area contributed by atoms with E-state index >= 15 is 0 Å². The highest BCUT2D eigenvalue weighted by atomic mass is 32.2. The van der Waals surface area contributed by atoms with Crippen LogP contribution in [0.25, 0.3) is 11.4 Å². The minimum atomic E-state index is -3.62. The van der Waals surface area contributed by atoms with Crippen molar-refractivity contribution in [2.24, 2.45) is 0 Å². The number of anilines is 2. The fourth-order valence-corrected chi connectivity index (χ4v) is 4.99. The van der Waals surface area contributed by atoms with Crippen molar-refractivity contribution in [3.8, 4) is 17.1 Å². The molecular formula is C20H18N6O5S2. The average molecular weight is 487 g/mol. The maximum Gasteiger partial charge on any atom is 0.340 e. The van der Waals surface area contributed by atoms with Gasteiger partial charge in [-0.3, -0.25) is 19.5 Å². The van der Waals surface area contributed by atoms with Crippen molar-refractivity contribution in [1.82, 2.24) is 20.6 Å². The highest BCUT2D eigenvalue weighted by Crippen LogP contribution is 2.26. The number of sulfonamides is 1. The maximum absolute atomic E-state index is 12.6. The molecule has 1 amide bonds. The van der Waals surface area contributed by atoms with E-state index in [0.29, 0.717) is 22.8 Å². The number of hydrogen-bond donors (Lipinski definition) is 2. The molecule has 0 aliphatic carbocycles. The molecule has 13 heteroatoms. The summed E-state index contributed by atoms with van der Waals surface area (Å²) in [5, 5.41) is 5.51. The molecule has 0 saturated carbocycles. The number of nitrogens with zero attached hydrogens (tertiary/aromatic N) is 4. The number of rotatable bonds is 9. The zero-order chi connectivity index (χ0) is 23.3. The summed E-state index contributed by atoms with van der Waals surface area (Å²) >= 11 is 1.15. The molecule has 3 aromatic heterocycles. The van der Waals surface area contributed by atoms with Gasteiger partial charge >= 0.3 is 6.01 Å². The number of hydrogen-bond acceptors (Lipinski definition) is 10. The second kappa shape index (κ2) is 9.67. The molecule has 3 heterocycles. The van der Waals surface area contributed by atoms with E-state index in [1.807, 2.05) is 0 Å². The van der Waals surface area contributed by atoms with Crippen LogP contribution in [-0.2, 0) is 14.8 Å². The number of amides is 1. The predicted octanol–water partition coefficient (Wildman–Crippen LogP) is 2.54. The molecule has 0 unspecified atom stereocenters. The van der Waals surface area contributed by atoms with Gasteiger partial charge in [0.1, 0.15) is 9.96 Å². The number of carbonyl (C=O) groups is 1. The number of pyridine rings is 1. The molecule has 11 nitrogen and oxygen atoms in total. The second-order valence-electron chi connectivity index (χ2n) is 6.52. The molecule has 4 rings (SSSR count). The lowest BCUT2D eigenvalue weighted by atomic mass is 10.3. The largest absolute Gasteiger partial charge is 0.484 e. The van der Waals surface area contributed by atoms with Crippen molar-refractivity contribution < 1.29 is 22.5 Å². The van der Waals surface area contributed by atoms with Crippen molar-refractivity contribution >= 4 is 39.0 Å². The molecular weight excluding hydrogens is 468 g/mol. The van der Waals surface area contributed by atoms with Gasteiger partial charge < -0.3 is 9.26 Å². The van der Waals surface area contributed by atoms with Crippen LogP contribution in [0.1, 0.15) is 0 Å². The molecule has 0 aliphatic heterocycles. The summed E-state index contributed by atoms with van der Waals surface area (Å²) in [5.41, 5.74) is 6.09. The maximum atomic E-state index is 12.6. The molecule has 170 valence electrons. The zero-order valence-electron chi connectivity index (χ0n) is 17.2. The Morgan fingerprint density at radius 3 is 2.61 bits per heavy atom. The van der Waals surface area contributed by atoms with Crippen LogP contribution in [-0.4, -0.2) is 43.1 Å². The lowest BCUT2D eigenvalue weighted by Gasteiger charge is -2.18. The second-order valence-corrected chi connectivity index (χ2v) is 9.66. The fraction of sp³-hybridized carbons (Fsp3) is 0.100. The molecule has 1 aromatic carbocycles. The van der Waals surface area contributed by atoms with Gasteiger partial charge in [0.25, 0.3) is 15.9 Å². The Morgan fingerprint density at radius 1 is 1.15 bits per heavy atom. The van der Waals surface area contributed by atoms with Crippen molar-refractivity contribution in [3.63, 3.8) is 0 Å². The molecule has 0 atom stereocenters. The van der Waals surface area contributed by atoms with Crippen molar-refractivity contribution in [2.75, 3.05) is 23.4 Å². The monoisotopic (exact) mass is 486 g/mol. The standard InChI is InChI=1S/C20H18N6O5S2/c1-26(33(28,29)18-3-2-12-32-18)15-4-6-16(7-5-15)30-13-17(27)23-24-20-22-19(25-31-20)14-8-10-21-11-9-14/h2-12H,13H2,1H3,(H,23,27)(H,22,24,25). The molecule has 0 radical (unpaired) electrons. The summed E-state index contributed by atoms with van der Waals surface area (Å²) in [6.07, 6.45) is 3.20. The Morgan fingerprint density at radius 2 is 1.91 bits per heavy atom. The molecule has 33 heavy (non-hydrogen) atoms. The van der Waals surface area contributed by atoms with Crippen LogP contribution in [0.3, 0.4) is 0 Å². The summed E-state index contributed by atoms with van der Waals surface area (Å²) < 4.78 is 37.1. The summed E-state index contributed by atoms with van der Waals surface area (Å²) in [6.45, 7) is -0.291. The first-order valence-corrected chi connectivity index (χ1v) is 11.8. The first kappa shape index (κ1) is 22.2. The Hall–Kier alpha value is -3.97. The van der Waals surface area contributed by atoms with Gasteiger partial charge in [0.15, 0.2) is 6.61 Å². The van der Waals surface area contributed by atoms with E-state index < -0.39 is 15.9 Å². The minimum absolute atomic E-state index is 0.00880. The van der Waals surface area contributed by atoms with Crippen LogP contribution in [0.5, 0.6) is 5.75 Å². The van der Waals surface area contributed by atoms with E-state index in [4.69, 9.17) is 9.26 Å². The lowest BCUT2D eigenvalue weighted by Crippen LogP contribution is -2.33. The number of benzene rings is 1. The number of carbonyl (C=O) groups excluding carboxylic acids is 1. The summed E-state index contributed by atoms with van der Waals surface area (Å²) in [6, 6.07) is 13.0. The first-order chi connectivity index (χ1) is 15.9. The molecule has 0 aliphatic rings. The first-order valence-electron chi connectivity index (χ1n) is 9.48. The van der Waals surface area contributed by atoms with Crippen LogP contribution >= 0.6 is 11.3 Å². The van der Waals surface area contributed by atoms with Gasteiger partial charge in [0.2, 0.25) is 5.82 Å². The topological polar surface area (TPSA) is 140 Å². The third-order valence-corrected chi connectivity index (χ3v) is 7.51. The molecule has 0 bridgehead atoms. The van der Waals surface area contributed by atoms with E-state index in [1.54, 1.807) is 66.3 Å². The van der Waals surface area contributed by atoms with Crippen LogP contribution in [0.15, 0.2) is 75.0 Å². The number of thiophene rings is 1. The number of aromatic nitrogens is 3. The van der Waals surface area contributed by atoms with Gasteiger partial charge in [-0.15, -0.1) is 11.3 Å². The number of ether oxygens (including phenoxy) is 1. The van der Waals surface area contributed by atoms with E-state index in [0.717, 1.165) is 11.3 Å².